The van der Waals surface area contributed by atoms with Gasteiger partial charge in [0.2, 0.25) is 5.91 Å². The van der Waals surface area contributed by atoms with Crippen LogP contribution in [0.3, 0.4) is 0 Å². The summed E-state index contributed by atoms with van der Waals surface area (Å²) < 4.78 is 0. The Hall–Kier alpha value is -2.41. The first-order chi connectivity index (χ1) is 10.6. The second kappa shape index (κ2) is 7.56. The van der Waals surface area contributed by atoms with E-state index < -0.39 is 0 Å². The van der Waals surface area contributed by atoms with E-state index in [9.17, 15) is 9.59 Å². The van der Waals surface area contributed by atoms with E-state index in [1.807, 2.05) is 36.5 Å². The van der Waals surface area contributed by atoms with Crippen molar-refractivity contribution in [2.24, 2.45) is 0 Å². The molecule has 6 nitrogen and oxygen atoms in total. The zero-order valence-electron chi connectivity index (χ0n) is 12.5. The Balaban J connectivity index is 1.81. The Morgan fingerprint density at radius 2 is 2.09 bits per heavy atom. The van der Waals surface area contributed by atoms with Crippen molar-refractivity contribution in [3.05, 3.63) is 46.4 Å². The highest BCUT2D eigenvalue weighted by Crippen LogP contribution is 2.13. The first kappa shape index (κ1) is 16.0. The SMILES string of the molecule is CN(C)c1cccc(C(=O)NCC(=O)NCc2cscn2)c1. The monoisotopic (exact) mass is 318 g/mol. The van der Waals surface area contributed by atoms with Gasteiger partial charge in [-0.3, -0.25) is 9.59 Å². The van der Waals surface area contributed by atoms with Gasteiger partial charge in [-0.2, -0.15) is 0 Å². The maximum Gasteiger partial charge on any atom is 0.251 e. The molecule has 0 aliphatic rings. The molecule has 116 valence electrons. The van der Waals surface area contributed by atoms with Gasteiger partial charge in [0.15, 0.2) is 0 Å². The van der Waals surface area contributed by atoms with E-state index in [0.717, 1.165) is 11.4 Å². The second-order valence-electron chi connectivity index (χ2n) is 4.88. The zero-order valence-corrected chi connectivity index (χ0v) is 13.3. The molecule has 0 saturated heterocycles. The third kappa shape index (κ3) is 4.56. The summed E-state index contributed by atoms with van der Waals surface area (Å²) >= 11 is 1.47. The van der Waals surface area contributed by atoms with Gasteiger partial charge >= 0.3 is 0 Å². The summed E-state index contributed by atoms with van der Waals surface area (Å²) in [7, 11) is 3.81. The number of nitrogens with zero attached hydrogens (tertiary/aromatic N) is 2. The van der Waals surface area contributed by atoms with Gasteiger partial charge in [0.1, 0.15) is 0 Å². The van der Waals surface area contributed by atoms with Crippen LogP contribution in [0, 0.1) is 0 Å². The average molecular weight is 318 g/mol. The van der Waals surface area contributed by atoms with Crippen LogP contribution in [0.5, 0.6) is 0 Å². The van der Waals surface area contributed by atoms with Crippen LogP contribution in [0.1, 0.15) is 16.1 Å². The van der Waals surface area contributed by atoms with Crippen LogP contribution in [0.4, 0.5) is 5.69 Å². The van der Waals surface area contributed by atoms with Crippen molar-refractivity contribution in [3.63, 3.8) is 0 Å². The smallest absolute Gasteiger partial charge is 0.251 e. The predicted molar refractivity (Wildman–Crippen MR) is 87.1 cm³/mol. The number of nitrogens with one attached hydrogen (secondary N) is 2. The second-order valence-corrected chi connectivity index (χ2v) is 5.60. The van der Waals surface area contributed by atoms with Crippen LogP contribution in [0.2, 0.25) is 0 Å². The molecule has 0 fully saturated rings. The van der Waals surface area contributed by atoms with Crippen molar-refractivity contribution >= 4 is 28.8 Å². The minimum Gasteiger partial charge on any atom is -0.378 e. The number of aromatic nitrogens is 1. The van der Waals surface area contributed by atoms with Crippen molar-refractivity contribution in [2.75, 3.05) is 25.5 Å². The lowest BCUT2D eigenvalue weighted by molar-refractivity contribution is -0.120. The van der Waals surface area contributed by atoms with Crippen molar-refractivity contribution in [2.45, 2.75) is 6.54 Å². The van der Waals surface area contributed by atoms with Gasteiger partial charge in [0, 0.05) is 30.7 Å². The Morgan fingerprint density at radius 1 is 1.27 bits per heavy atom. The van der Waals surface area contributed by atoms with Crippen LogP contribution in [0.25, 0.3) is 0 Å². The van der Waals surface area contributed by atoms with Crippen molar-refractivity contribution < 1.29 is 9.59 Å². The number of hydrogen-bond acceptors (Lipinski definition) is 5. The van der Waals surface area contributed by atoms with Crippen molar-refractivity contribution in [3.8, 4) is 0 Å². The van der Waals surface area contributed by atoms with Crippen LogP contribution in [0.15, 0.2) is 35.2 Å². The largest absolute Gasteiger partial charge is 0.378 e. The molecule has 1 heterocycles. The molecule has 1 aromatic carbocycles. The van der Waals surface area contributed by atoms with Crippen LogP contribution < -0.4 is 15.5 Å². The summed E-state index contributed by atoms with van der Waals surface area (Å²) in [6, 6.07) is 7.22. The minimum atomic E-state index is -0.271. The molecule has 2 N–H and O–H groups in total. The first-order valence-corrected chi connectivity index (χ1v) is 7.70. The number of hydrogen-bond donors (Lipinski definition) is 2. The molecule has 0 aliphatic heterocycles. The Kier molecular flexibility index (Phi) is 5.48. The maximum atomic E-state index is 12.0. The Morgan fingerprint density at radius 3 is 2.77 bits per heavy atom. The molecule has 0 radical (unpaired) electrons. The lowest BCUT2D eigenvalue weighted by Crippen LogP contribution is -2.36. The van der Waals surface area contributed by atoms with E-state index in [4.69, 9.17) is 0 Å². The predicted octanol–water partition coefficient (Wildman–Crippen LogP) is 1.26. The van der Waals surface area contributed by atoms with E-state index in [1.54, 1.807) is 17.6 Å². The topological polar surface area (TPSA) is 74.3 Å². The van der Waals surface area contributed by atoms with E-state index in [1.165, 1.54) is 11.3 Å². The lowest BCUT2D eigenvalue weighted by Gasteiger charge is -2.13. The van der Waals surface area contributed by atoms with Gasteiger partial charge in [-0.15, -0.1) is 11.3 Å². The third-order valence-electron chi connectivity index (χ3n) is 2.98. The van der Waals surface area contributed by atoms with Gasteiger partial charge in [-0.25, -0.2) is 4.98 Å². The molecule has 0 atom stereocenters. The highest BCUT2D eigenvalue weighted by Gasteiger charge is 2.09. The van der Waals surface area contributed by atoms with Crippen molar-refractivity contribution in [1.82, 2.24) is 15.6 Å². The molecule has 2 rings (SSSR count). The van der Waals surface area contributed by atoms with Gasteiger partial charge in [0.05, 0.1) is 24.3 Å². The van der Waals surface area contributed by atoms with Crippen molar-refractivity contribution in [1.29, 1.82) is 0 Å². The molecule has 1 aromatic heterocycles. The summed E-state index contributed by atoms with van der Waals surface area (Å²) in [5, 5.41) is 7.18. The highest BCUT2D eigenvalue weighted by atomic mass is 32.1. The van der Waals surface area contributed by atoms with Gasteiger partial charge in [-0.05, 0) is 18.2 Å². The number of thiazole rings is 1. The molecular formula is C15H18N4O2S. The lowest BCUT2D eigenvalue weighted by atomic mass is 10.2. The van der Waals surface area contributed by atoms with E-state index in [2.05, 4.69) is 15.6 Å². The molecule has 0 aliphatic carbocycles. The first-order valence-electron chi connectivity index (χ1n) is 6.75. The van der Waals surface area contributed by atoms with Gasteiger partial charge < -0.3 is 15.5 Å². The van der Waals surface area contributed by atoms with Crippen LogP contribution >= 0.6 is 11.3 Å². The summed E-state index contributed by atoms with van der Waals surface area (Å²) in [5.74, 6) is -0.516. The number of rotatable bonds is 6. The summed E-state index contributed by atoms with van der Waals surface area (Å²) in [6.07, 6.45) is 0. The minimum absolute atomic E-state index is 0.0604. The van der Waals surface area contributed by atoms with E-state index in [-0.39, 0.29) is 18.4 Å². The van der Waals surface area contributed by atoms with Gasteiger partial charge in [0.25, 0.3) is 5.91 Å². The number of anilines is 1. The quantitative estimate of drug-likeness (QED) is 0.841. The van der Waals surface area contributed by atoms with E-state index in [0.29, 0.717) is 12.1 Å². The summed E-state index contributed by atoms with van der Waals surface area (Å²) in [6.45, 7) is 0.309. The molecule has 0 unspecified atom stereocenters. The average Bonchev–Trinajstić information content (AvgIpc) is 3.04. The molecule has 0 bridgehead atoms. The fraction of sp³-hybridized carbons (Fsp3) is 0.267. The number of carbonyl (C=O) groups excluding carboxylic acids is 2. The standard InChI is InChI=1S/C15H18N4O2S/c1-19(2)13-5-3-4-11(6-13)15(21)17-8-14(20)16-7-12-9-22-10-18-12/h3-6,9-10H,7-8H2,1-2H3,(H,16,20)(H,17,21). The summed E-state index contributed by atoms with van der Waals surface area (Å²) in [5.41, 5.74) is 3.98. The molecule has 7 heteroatoms. The molecule has 0 spiro atoms. The van der Waals surface area contributed by atoms with E-state index >= 15 is 0 Å². The molecular weight excluding hydrogens is 300 g/mol. The van der Waals surface area contributed by atoms with Gasteiger partial charge in [-0.1, -0.05) is 6.07 Å². The fourth-order valence-electron chi connectivity index (χ4n) is 1.76. The maximum absolute atomic E-state index is 12.0. The normalized spacial score (nSPS) is 10.1. The number of benzene rings is 1. The zero-order chi connectivity index (χ0) is 15.9. The fourth-order valence-corrected chi connectivity index (χ4v) is 2.32. The van der Waals surface area contributed by atoms with Crippen LogP contribution in [-0.4, -0.2) is 37.4 Å². The third-order valence-corrected chi connectivity index (χ3v) is 3.62. The Labute approximate surface area is 133 Å². The highest BCUT2D eigenvalue weighted by molar-refractivity contribution is 7.07. The molecule has 2 aromatic rings. The number of carbonyl (C=O) groups is 2. The molecule has 2 amide bonds. The Bertz CT molecular complexity index is 641. The van der Waals surface area contributed by atoms with Crippen LogP contribution in [-0.2, 0) is 11.3 Å². The summed E-state index contributed by atoms with van der Waals surface area (Å²) in [4.78, 5) is 29.7. The molecule has 0 saturated carbocycles. The molecule has 22 heavy (non-hydrogen) atoms. The number of amides is 2.